The normalized spacial score (nSPS) is 10.4. The number of hydrogen-bond acceptors (Lipinski definition) is 2. The number of hydrogen-bond donors (Lipinski definition) is 0. The number of nitrogens with zero attached hydrogens (tertiary/aromatic N) is 2. The zero-order valence-corrected chi connectivity index (χ0v) is 15.9. The molecule has 0 saturated carbocycles. The van der Waals surface area contributed by atoms with Crippen LogP contribution >= 0.6 is 0 Å². The smallest absolute Gasteiger partial charge is 0.228 e. The van der Waals surface area contributed by atoms with Crippen molar-refractivity contribution < 1.29 is 9.59 Å². The molecule has 2 aromatic rings. The van der Waals surface area contributed by atoms with Crippen LogP contribution in [-0.4, -0.2) is 36.3 Å². The van der Waals surface area contributed by atoms with Crippen LogP contribution < -0.4 is 4.90 Å². The summed E-state index contributed by atoms with van der Waals surface area (Å²) in [5.41, 5.74) is 3.23. The fourth-order valence-corrected chi connectivity index (χ4v) is 3.00. The molecule has 2 amide bonds. The van der Waals surface area contributed by atoms with Gasteiger partial charge in [0.2, 0.25) is 11.8 Å². The molecule has 0 N–H and O–H groups in total. The van der Waals surface area contributed by atoms with E-state index in [0.29, 0.717) is 26.1 Å². The van der Waals surface area contributed by atoms with Gasteiger partial charge in [-0.2, -0.15) is 0 Å². The van der Waals surface area contributed by atoms with E-state index < -0.39 is 0 Å². The van der Waals surface area contributed by atoms with Crippen LogP contribution in [0.5, 0.6) is 0 Å². The van der Waals surface area contributed by atoms with Crippen molar-refractivity contribution in [2.75, 3.05) is 24.5 Å². The quantitative estimate of drug-likeness (QED) is 0.724. The molecule has 4 heteroatoms. The highest BCUT2D eigenvalue weighted by atomic mass is 16.2. The fourth-order valence-electron chi connectivity index (χ4n) is 3.00. The zero-order valence-electron chi connectivity index (χ0n) is 15.9. The van der Waals surface area contributed by atoms with Crippen LogP contribution in [0.1, 0.15) is 31.4 Å². The van der Waals surface area contributed by atoms with Crippen LogP contribution in [0.4, 0.5) is 5.69 Å². The number of amides is 2. The predicted molar refractivity (Wildman–Crippen MR) is 106 cm³/mol. The molecule has 0 aliphatic rings. The third-order valence-corrected chi connectivity index (χ3v) is 4.48. The summed E-state index contributed by atoms with van der Waals surface area (Å²) in [4.78, 5) is 28.1. The summed E-state index contributed by atoms with van der Waals surface area (Å²) in [5.74, 6) is 0.0522. The van der Waals surface area contributed by atoms with Crippen LogP contribution in [0.2, 0.25) is 0 Å². The van der Waals surface area contributed by atoms with Gasteiger partial charge in [-0.3, -0.25) is 9.59 Å². The molecule has 0 spiro atoms. The van der Waals surface area contributed by atoms with Crippen molar-refractivity contribution >= 4 is 17.5 Å². The van der Waals surface area contributed by atoms with Gasteiger partial charge in [0.05, 0.1) is 0 Å². The van der Waals surface area contributed by atoms with Gasteiger partial charge in [0.1, 0.15) is 0 Å². The van der Waals surface area contributed by atoms with Crippen molar-refractivity contribution in [3.8, 4) is 0 Å². The van der Waals surface area contributed by atoms with Crippen LogP contribution in [0.15, 0.2) is 54.6 Å². The lowest BCUT2D eigenvalue weighted by molar-refractivity contribution is -0.129. The van der Waals surface area contributed by atoms with Crippen LogP contribution in [0.3, 0.4) is 0 Å². The topological polar surface area (TPSA) is 40.6 Å². The summed E-state index contributed by atoms with van der Waals surface area (Å²) in [6.45, 7) is 7.24. The van der Waals surface area contributed by atoms with Gasteiger partial charge in [-0.25, -0.2) is 0 Å². The molecule has 0 aliphatic heterocycles. The Bertz CT molecular complexity index is 728. The maximum Gasteiger partial charge on any atom is 0.228 e. The average Bonchev–Trinajstić information content (AvgIpc) is 2.63. The molecule has 4 nitrogen and oxygen atoms in total. The molecule has 2 aromatic carbocycles. The molecule has 0 fully saturated rings. The first-order valence-electron chi connectivity index (χ1n) is 9.17. The van der Waals surface area contributed by atoms with Crippen molar-refractivity contribution in [1.29, 1.82) is 0 Å². The highest BCUT2D eigenvalue weighted by molar-refractivity contribution is 5.93. The van der Waals surface area contributed by atoms with Gasteiger partial charge in [0, 0.05) is 38.7 Å². The third kappa shape index (κ3) is 5.73. The van der Waals surface area contributed by atoms with Crippen molar-refractivity contribution in [2.45, 2.75) is 33.6 Å². The van der Waals surface area contributed by atoms with E-state index >= 15 is 0 Å². The summed E-state index contributed by atoms with van der Waals surface area (Å²) < 4.78 is 0. The van der Waals surface area contributed by atoms with Gasteiger partial charge in [-0.15, -0.1) is 0 Å². The summed E-state index contributed by atoms with van der Waals surface area (Å²) in [5, 5.41) is 0. The summed E-state index contributed by atoms with van der Waals surface area (Å²) in [7, 11) is 0. The minimum atomic E-state index is 0.00679. The van der Waals surface area contributed by atoms with Gasteiger partial charge >= 0.3 is 0 Å². The Balaban J connectivity index is 1.94. The number of aryl methyl sites for hydroxylation is 1. The van der Waals surface area contributed by atoms with Crippen LogP contribution in [-0.2, 0) is 16.0 Å². The second kappa shape index (κ2) is 9.76. The van der Waals surface area contributed by atoms with Crippen molar-refractivity contribution in [1.82, 2.24) is 4.90 Å². The van der Waals surface area contributed by atoms with Crippen LogP contribution in [0, 0.1) is 6.92 Å². The number of rotatable bonds is 8. The van der Waals surface area contributed by atoms with E-state index in [2.05, 4.69) is 12.1 Å². The lowest BCUT2D eigenvalue weighted by Gasteiger charge is -2.25. The summed E-state index contributed by atoms with van der Waals surface area (Å²) in [6, 6.07) is 18.0. The Hall–Kier alpha value is -2.62. The van der Waals surface area contributed by atoms with E-state index in [-0.39, 0.29) is 11.8 Å². The van der Waals surface area contributed by atoms with Crippen molar-refractivity contribution in [2.24, 2.45) is 0 Å². The van der Waals surface area contributed by atoms with E-state index in [9.17, 15) is 9.59 Å². The summed E-state index contributed by atoms with van der Waals surface area (Å²) >= 11 is 0. The van der Waals surface area contributed by atoms with E-state index in [1.807, 2.05) is 56.3 Å². The second-order valence-electron chi connectivity index (χ2n) is 6.47. The summed E-state index contributed by atoms with van der Waals surface area (Å²) in [6.07, 6.45) is 1.13. The fraction of sp³-hybridized carbons (Fsp3) is 0.364. The standard InChI is InChI=1S/C22H28N2O2/c1-4-24(21-12-8-9-18(2)17-21)22(26)14-16-23(19(3)25)15-13-20-10-6-5-7-11-20/h5-12,17H,4,13-16H2,1-3H3. The highest BCUT2D eigenvalue weighted by Gasteiger charge is 2.17. The molecule has 0 aromatic heterocycles. The van der Waals surface area contributed by atoms with Crippen molar-refractivity contribution in [3.63, 3.8) is 0 Å². The molecule has 0 bridgehead atoms. The molecular formula is C22H28N2O2. The minimum absolute atomic E-state index is 0.00679. The Kier molecular flexibility index (Phi) is 7.39. The molecule has 0 radical (unpaired) electrons. The van der Waals surface area contributed by atoms with Crippen molar-refractivity contribution in [3.05, 3.63) is 65.7 Å². The van der Waals surface area contributed by atoms with Gasteiger partial charge < -0.3 is 9.80 Å². The lowest BCUT2D eigenvalue weighted by atomic mass is 10.1. The average molecular weight is 352 g/mol. The molecule has 138 valence electrons. The number of carbonyl (C=O) groups is 2. The monoisotopic (exact) mass is 352 g/mol. The number of anilines is 1. The Labute approximate surface area is 156 Å². The second-order valence-corrected chi connectivity index (χ2v) is 6.47. The Morgan fingerprint density at radius 2 is 1.69 bits per heavy atom. The van der Waals surface area contributed by atoms with Gasteiger partial charge in [0.15, 0.2) is 0 Å². The van der Waals surface area contributed by atoms with Crippen LogP contribution in [0.25, 0.3) is 0 Å². The molecule has 0 heterocycles. The molecule has 2 rings (SSSR count). The molecular weight excluding hydrogens is 324 g/mol. The highest BCUT2D eigenvalue weighted by Crippen LogP contribution is 2.17. The number of benzene rings is 2. The molecule has 0 atom stereocenters. The van der Waals surface area contributed by atoms with E-state index in [0.717, 1.165) is 17.7 Å². The molecule has 0 aliphatic carbocycles. The van der Waals surface area contributed by atoms with E-state index in [1.165, 1.54) is 5.56 Å². The predicted octanol–water partition coefficient (Wildman–Crippen LogP) is 3.83. The molecule has 0 unspecified atom stereocenters. The zero-order chi connectivity index (χ0) is 18.9. The maximum atomic E-state index is 12.7. The molecule has 26 heavy (non-hydrogen) atoms. The minimum Gasteiger partial charge on any atom is -0.342 e. The van der Waals surface area contributed by atoms with E-state index in [1.54, 1.807) is 16.7 Å². The van der Waals surface area contributed by atoms with Gasteiger partial charge in [0.25, 0.3) is 0 Å². The first kappa shape index (κ1) is 19.7. The molecule has 0 saturated heterocycles. The third-order valence-electron chi connectivity index (χ3n) is 4.48. The SMILES string of the molecule is CCN(C(=O)CCN(CCc1ccccc1)C(C)=O)c1cccc(C)c1. The number of carbonyl (C=O) groups excluding carboxylic acids is 2. The largest absolute Gasteiger partial charge is 0.342 e. The first-order chi connectivity index (χ1) is 12.5. The van der Waals surface area contributed by atoms with Gasteiger partial charge in [-0.1, -0.05) is 42.5 Å². The Morgan fingerprint density at radius 1 is 0.962 bits per heavy atom. The van der Waals surface area contributed by atoms with Gasteiger partial charge in [-0.05, 0) is 43.5 Å². The lowest BCUT2D eigenvalue weighted by Crippen LogP contribution is -2.37. The maximum absolute atomic E-state index is 12.7. The van der Waals surface area contributed by atoms with E-state index in [4.69, 9.17) is 0 Å². The Morgan fingerprint density at radius 3 is 2.31 bits per heavy atom. The first-order valence-corrected chi connectivity index (χ1v) is 9.17.